The molecule has 0 spiro atoms. The number of H-pyrrole nitrogens is 1. The lowest BCUT2D eigenvalue weighted by Gasteiger charge is -2.02. The number of aromatic nitrogens is 2. The first kappa shape index (κ1) is 12.5. The summed E-state index contributed by atoms with van der Waals surface area (Å²) in [5.74, 6) is -0.0103. The smallest absolute Gasteiger partial charge is 0.243 e. The second kappa shape index (κ2) is 6.10. The zero-order valence-corrected chi connectivity index (χ0v) is 10.1. The Kier molecular flexibility index (Phi) is 4.76. The average molecular weight is 221 g/mol. The van der Waals surface area contributed by atoms with Crippen molar-refractivity contribution in [3.63, 3.8) is 0 Å². The molecule has 0 fully saturated rings. The predicted octanol–water partition coefficient (Wildman–Crippen LogP) is 1.73. The summed E-state index contributed by atoms with van der Waals surface area (Å²) in [5.41, 5.74) is 3.34. The molecule has 4 nitrogen and oxygen atoms in total. The zero-order valence-electron chi connectivity index (χ0n) is 10.1. The molecular formula is C12H19N3O. The lowest BCUT2D eigenvalue weighted by Crippen LogP contribution is -2.22. The topological polar surface area (TPSA) is 57.8 Å². The Morgan fingerprint density at radius 1 is 1.56 bits per heavy atom. The van der Waals surface area contributed by atoms with E-state index in [-0.39, 0.29) is 5.91 Å². The Morgan fingerprint density at radius 3 is 2.88 bits per heavy atom. The fraction of sp³-hybridized carbons (Fsp3) is 0.500. The largest absolute Gasteiger partial charge is 0.353 e. The number of nitrogens with one attached hydrogen (secondary N) is 2. The lowest BCUT2D eigenvalue weighted by atomic mass is 10.1. The SMILES string of the molecule is CC(C)=CC(=O)NCCCc1cn[nH]c1C. The van der Waals surface area contributed by atoms with Gasteiger partial charge in [0, 0.05) is 18.3 Å². The van der Waals surface area contributed by atoms with Crippen LogP contribution >= 0.6 is 0 Å². The number of nitrogens with zero attached hydrogens (tertiary/aromatic N) is 1. The number of carbonyl (C=O) groups excluding carboxylic acids is 1. The number of amides is 1. The summed E-state index contributed by atoms with van der Waals surface area (Å²) in [6, 6.07) is 0. The van der Waals surface area contributed by atoms with Crippen LogP contribution < -0.4 is 5.32 Å². The van der Waals surface area contributed by atoms with E-state index >= 15 is 0 Å². The number of allylic oxidation sites excluding steroid dienone is 1. The molecule has 88 valence electrons. The average Bonchev–Trinajstić information content (AvgIpc) is 2.58. The molecule has 0 unspecified atom stereocenters. The van der Waals surface area contributed by atoms with Crippen LogP contribution in [0.5, 0.6) is 0 Å². The second-order valence-electron chi connectivity index (χ2n) is 4.14. The summed E-state index contributed by atoms with van der Waals surface area (Å²) in [5, 5.41) is 9.70. The van der Waals surface area contributed by atoms with Gasteiger partial charge in [-0.3, -0.25) is 9.89 Å². The zero-order chi connectivity index (χ0) is 12.0. The molecule has 1 amide bonds. The van der Waals surface area contributed by atoms with Crippen molar-refractivity contribution in [1.82, 2.24) is 15.5 Å². The van der Waals surface area contributed by atoms with E-state index in [2.05, 4.69) is 15.5 Å². The Morgan fingerprint density at radius 2 is 2.31 bits per heavy atom. The Labute approximate surface area is 96.1 Å². The molecule has 16 heavy (non-hydrogen) atoms. The van der Waals surface area contributed by atoms with Crippen molar-refractivity contribution in [2.45, 2.75) is 33.6 Å². The van der Waals surface area contributed by atoms with Crippen LogP contribution in [0, 0.1) is 6.92 Å². The highest BCUT2D eigenvalue weighted by atomic mass is 16.1. The van der Waals surface area contributed by atoms with E-state index in [1.807, 2.05) is 27.0 Å². The minimum Gasteiger partial charge on any atom is -0.353 e. The van der Waals surface area contributed by atoms with Crippen molar-refractivity contribution in [3.05, 3.63) is 29.1 Å². The van der Waals surface area contributed by atoms with E-state index in [1.165, 1.54) is 5.56 Å². The van der Waals surface area contributed by atoms with Gasteiger partial charge in [-0.2, -0.15) is 5.10 Å². The molecule has 0 aliphatic carbocycles. The molecule has 1 aromatic rings. The molecule has 0 saturated heterocycles. The van der Waals surface area contributed by atoms with Gasteiger partial charge in [-0.05, 0) is 39.2 Å². The van der Waals surface area contributed by atoms with Crippen LogP contribution in [0.15, 0.2) is 17.8 Å². The minimum absolute atomic E-state index is 0.0103. The number of hydrogen-bond donors (Lipinski definition) is 2. The summed E-state index contributed by atoms with van der Waals surface area (Å²) in [7, 11) is 0. The van der Waals surface area contributed by atoms with Crippen molar-refractivity contribution in [2.75, 3.05) is 6.54 Å². The monoisotopic (exact) mass is 221 g/mol. The van der Waals surface area contributed by atoms with E-state index < -0.39 is 0 Å². The normalized spacial score (nSPS) is 9.94. The molecular weight excluding hydrogens is 202 g/mol. The van der Waals surface area contributed by atoms with Gasteiger partial charge in [-0.25, -0.2) is 0 Å². The van der Waals surface area contributed by atoms with Gasteiger partial charge in [-0.15, -0.1) is 0 Å². The summed E-state index contributed by atoms with van der Waals surface area (Å²) in [6.07, 6.45) is 5.33. The van der Waals surface area contributed by atoms with Crippen molar-refractivity contribution in [1.29, 1.82) is 0 Å². The highest BCUT2D eigenvalue weighted by Gasteiger charge is 2.00. The summed E-state index contributed by atoms with van der Waals surface area (Å²) >= 11 is 0. The Hall–Kier alpha value is -1.58. The molecule has 2 N–H and O–H groups in total. The molecule has 1 rings (SSSR count). The molecule has 4 heteroatoms. The maximum atomic E-state index is 11.3. The highest BCUT2D eigenvalue weighted by Crippen LogP contribution is 2.04. The van der Waals surface area contributed by atoms with Crippen molar-refractivity contribution in [3.8, 4) is 0 Å². The van der Waals surface area contributed by atoms with Crippen LogP contribution in [0.4, 0.5) is 0 Å². The van der Waals surface area contributed by atoms with Crippen LogP contribution in [0.3, 0.4) is 0 Å². The third kappa shape index (κ3) is 4.29. The van der Waals surface area contributed by atoms with E-state index in [0.29, 0.717) is 6.54 Å². The molecule has 1 aromatic heterocycles. The van der Waals surface area contributed by atoms with Crippen LogP contribution in [0.1, 0.15) is 31.5 Å². The van der Waals surface area contributed by atoms with E-state index in [0.717, 1.165) is 24.1 Å². The van der Waals surface area contributed by atoms with Gasteiger partial charge in [0.05, 0.1) is 6.20 Å². The van der Waals surface area contributed by atoms with Gasteiger partial charge >= 0.3 is 0 Å². The first-order valence-electron chi connectivity index (χ1n) is 5.51. The van der Waals surface area contributed by atoms with Gasteiger partial charge in [0.1, 0.15) is 0 Å². The molecule has 0 aliphatic rings. The lowest BCUT2D eigenvalue weighted by molar-refractivity contribution is -0.116. The molecule has 0 saturated carbocycles. The first-order chi connectivity index (χ1) is 7.59. The van der Waals surface area contributed by atoms with Gasteiger partial charge in [0.15, 0.2) is 0 Å². The maximum Gasteiger partial charge on any atom is 0.243 e. The number of rotatable bonds is 5. The van der Waals surface area contributed by atoms with Gasteiger partial charge in [0.2, 0.25) is 5.91 Å². The predicted molar refractivity (Wildman–Crippen MR) is 64.1 cm³/mol. The van der Waals surface area contributed by atoms with Crippen LogP contribution in [-0.2, 0) is 11.2 Å². The molecule has 0 bridgehead atoms. The van der Waals surface area contributed by atoms with Crippen molar-refractivity contribution >= 4 is 5.91 Å². The van der Waals surface area contributed by atoms with Crippen LogP contribution in [0.25, 0.3) is 0 Å². The number of aromatic amines is 1. The Balaban J connectivity index is 2.20. The number of carbonyl (C=O) groups is 1. The fourth-order valence-corrected chi connectivity index (χ4v) is 1.43. The minimum atomic E-state index is -0.0103. The van der Waals surface area contributed by atoms with E-state index in [9.17, 15) is 4.79 Å². The third-order valence-electron chi connectivity index (χ3n) is 2.28. The standard InChI is InChI=1S/C12H19N3O/c1-9(2)7-12(16)13-6-4-5-11-8-14-15-10(11)3/h7-8H,4-6H2,1-3H3,(H,13,16)(H,14,15). The van der Waals surface area contributed by atoms with Crippen molar-refractivity contribution < 1.29 is 4.79 Å². The fourth-order valence-electron chi connectivity index (χ4n) is 1.43. The number of aryl methyl sites for hydroxylation is 2. The van der Waals surface area contributed by atoms with Gasteiger partial charge < -0.3 is 5.32 Å². The second-order valence-corrected chi connectivity index (χ2v) is 4.14. The summed E-state index contributed by atoms with van der Waals surface area (Å²) in [4.78, 5) is 11.3. The van der Waals surface area contributed by atoms with E-state index in [1.54, 1.807) is 6.08 Å². The van der Waals surface area contributed by atoms with Gasteiger partial charge in [-0.1, -0.05) is 5.57 Å². The first-order valence-corrected chi connectivity index (χ1v) is 5.51. The molecule has 0 radical (unpaired) electrons. The summed E-state index contributed by atoms with van der Waals surface area (Å²) in [6.45, 7) is 6.53. The number of hydrogen-bond acceptors (Lipinski definition) is 2. The Bertz CT molecular complexity index is 375. The quantitative estimate of drug-likeness (QED) is 0.587. The highest BCUT2D eigenvalue weighted by molar-refractivity contribution is 5.87. The molecule has 0 atom stereocenters. The van der Waals surface area contributed by atoms with E-state index in [4.69, 9.17) is 0 Å². The van der Waals surface area contributed by atoms with Crippen molar-refractivity contribution in [2.24, 2.45) is 0 Å². The van der Waals surface area contributed by atoms with Gasteiger partial charge in [0.25, 0.3) is 0 Å². The van der Waals surface area contributed by atoms with Crippen LogP contribution in [0.2, 0.25) is 0 Å². The third-order valence-corrected chi connectivity index (χ3v) is 2.28. The maximum absolute atomic E-state index is 11.3. The van der Waals surface area contributed by atoms with Crippen LogP contribution in [-0.4, -0.2) is 22.6 Å². The molecule has 0 aromatic carbocycles. The molecule has 0 aliphatic heterocycles. The summed E-state index contributed by atoms with van der Waals surface area (Å²) < 4.78 is 0. The molecule has 1 heterocycles.